The maximum atomic E-state index is 5.81. The summed E-state index contributed by atoms with van der Waals surface area (Å²) in [6.45, 7) is 5.27. The van der Waals surface area contributed by atoms with Gasteiger partial charge in [0.2, 0.25) is 0 Å². The van der Waals surface area contributed by atoms with Crippen molar-refractivity contribution in [3.05, 3.63) is 29.8 Å². The Bertz CT molecular complexity index is 392. The fourth-order valence-corrected chi connectivity index (χ4v) is 3.01. The summed E-state index contributed by atoms with van der Waals surface area (Å²) in [5.41, 5.74) is 8.33. The zero-order valence-electron chi connectivity index (χ0n) is 10.9. The van der Waals surface area contributed by atoms with Crippen molar-refractivity contribution in [2.24, 2.45) is 5.73 Å². The molecule has 1 aliphatic heterocycles. The Morgan fingerprint density at radius 1 is 1.22 bits per heavy atom. The lowest BCUT2D eigenvalue weighted by atomic mass is 9.91. The molecule has 0 atom stereocenters. The van der Waals surface area contributed by atoms with Gasteiger partial charge in [-0.3, -0.25) is 4.90 Å². The lowest BCUT2D eigenvalue weighted by Crippen LogP contribution is -2.52. The number of rotatable bonds is 3. The van der Waals surface area contributed by atoms with Gasteiger partial charge in [-0.05, 0) is 36.6 Å². The van der Waals surface area contributed by atoms with Crippen LogP contribution in [0.5, 0.6) is 0 Å². The smallest absolute Gasteiger partial charge is 0.0413 e. The molecule has 1 aromatic rings. The third-order valence-electron chi connectivity index (χ3n) is 4.39. The molecule has 1 saturated heterocycles. The van der Waals surface area contributed by atoms with E-state index < -0.39 is 0 Å². The van der Waals surface area contributed by atoms with E-state index in [-0.39, 0.29) is 0 Å². The van der Waals surface area contributed by atoms with Crippen LogP contribution < -0.4 is 10.6 Å². The predicted octanol–water partition coefficient (Wildman–Crippen LogP) is 1.62. The molecule has 2 fully saturated rings. The van der Waals surface area contributed by atoms with Gasteiger partial charge in [0.1, 0.15) is 0 Å². The molecule has 0 bridgehead atoms. The summed E-state index contributed by atoms with van der Waals surface area (Å²) in [5.74, 6) is 0. The summed E-state index contributed by atoms with van der Waals surface area (Å²) in [7, 11) is 0. The van der Waals surface area contributed by atoms with Crippen LogP contribution in [0.1, 0.15) is 24.8 Å². The van der Waals surface area contributed by atoms with Crippen LogP contribution in [0, 0.1) is 6.07 Å². The zero-order valence-corrected chi connectivity index (χ0v) is 10.9. The van der Waals surface area contributed by atoms with Crippen LogP contribution >= 0.6 is 0 Å². The molecule has 1 saturated carbocycles. The summed E-state index contributed by atoms with van der Waals surface area (Å²) in [5, 5.41) is 0. The fraction of sp³-hybridized carbons (Fsp3) is 0.600. The van der Waals surface area contributed by atoms with Crippen molar-refractivity contribution in [1.29, 1.82) is 0 Å². The summed E-state index contributed by atoms with van der Waals surface area (Å²) in [4.78, 5) is 5.14. The van der Waals surface area contributed by atoms with Crippen LogP contribution in [0.3, 0.4) is 0 Å². The third kappa shape index (κ3) is 2.25. The Hall–Kier alpha value is -1.06. The molecule has 1 heterocycles. The van der Waals surface area contributed by atoms with E-state index in [4.69, 9.17) is 5.73 Å². The van der Waals surface area contributed by atoms with Crippen molar-refractivity contribution < 1.29 is 0 Å². The monoisotopic (exact) mass is 244 g/mol. The minimum absolute atomic E-state index is 0.607. The van der Waals surface area contributed by atoms with Crippen LogP contribution in [0.25, 0.3) is 0 Å². The summed E-state index contributed by atoms with van der Waals surface area (Å²) in [6, 6.07) is 10.2. The zero-order chi connectivity index (χ0) is 12.4. The number of anilines is 1. The topological polar surface area (TPSA) is 32.5 Å². The van der Waals surface area contributed by atoms with Gasteiger partial charge in [0.25, 0.3) is 0 Å². The van der Waals surface area contributed by atoms with E-state index in [0.717, 1.165) is 19.1 Å². The average Bonchev–Trinajstić information content (AvgIpc) is 2.38. The lowest BCUT2D eigenvalue weighted by Gasteiger charge is -2.44. The van der Waals surface area contributed by atoms with Gasteiger partial charge in [-0.15, -0.1) is 0 Å². The number of hydrogen-bond acceptors (Lipinski definition) is 3. The van der Waals surface area contributed by atoms with Crippen LogP contribution in [0.2, 0.25) is 0 Å². The second kappa shape index (κ2) is 5.29. The first-order valence-corrected chi connectivity index (χ1v) is 7.06. The minimum atomic E-state index is 0.607. The Labute approximate surface area is 110 Å². The Morgan fingerprint density at radius 2 is 2.00 bits per heavy atom. The number of piperazine rings is 1. The predicted molar refractivity (Wildman–Crippen MR) is 74.6 cm³/mol. The quantitative estimate of drug-likeness (QED) is 0.877. The highest BCUT2D eigenvalue weighted by atomic mass is 15.3. The summed E-state index contributed by atoms with van der Waals surface area (Å²) >= 11 is 0. The summed E-state index contributed by atoms with van der Waals surface area (Å²) in [6.07, 6.45) is 4.25. The van der Waals surface area contributed by atoms with Gasteiger partial charge in [-0.2, -0.15) is 0 Å². The average molecular weight is 244 g/mol. The molecule has 0 unspecified atom stereocenters. The Morgan fingerprint density at radius 3 is 2.61 bits per heavy atom. The molecular weight excluding hydrogens is 222 g/mol. The lowest BCUT2D eigenvalue weighted by molar-refractivity contribution is 0.120. The molecule has 3 rings (SSSR count). The molecule has 3 nitrogen and oxygen atoms in total. The maximum Gasteiger partial charge on any atom is 0.0413 e. The second-order valence-electron chi connectivity index (χ2n) is 5.37. The van der Waals surface area contributed by atoms with Crippen LogP contribution in [0.4, 0.5) is 5.69 Å². The van der Waals surface area contributed by atoms with E-state index in [1.165, 1.54) is 43.6 Å². The van der Waals surface area contributed by atoms with Gasteiger partial charge in [0, 0.05) is 44.5 Å². The molecule has 0 spiro atoms. The molecule has 2 aliphatic rings. The first-order chi connectivity index (χ1) is 8.88. The van der Waals surface area contributed by atoms with Crippen molar-refractivity contribution in [3.8, 4) is 0 Å². The third-order valence-corrected chi connectivity index (χ3v) is 4.39. The van der Waals surface area contributed by atoms with Gasteiger partial charge in [0.15, 0.2) is 0 Å². The SMILES string of the molecule is NCc1c[c]ccc1N1CCN(C2CCC2)CC1. The van der Waals surface area contributed by atoms with Gasteiger partial charge in [-0.1, -0.05) is 12.5 Å². The molecule has 18 heavy (non-hydrogen) atoms. The molecule has 1 aliphatic carbocycles. The first kappa shape index (κ1) is 12.0. The van der Waals surface area contributed by atoms with Crippen molar-refractivity contribution in [3.63, 3.8) is 0 Å². The maximum absolute atomic E-state index is 5.81. The number of benzene rings is 1. The van der Waals surface area contributed by atoms with Crippen molar-refractivity contribution in [2.45, 2.75) is 31.8 Å². The normalized spacial score (nSPS) is 21.9. The first-order valence-electron chi connectivity index (χ1n) is 7.06. The van der Waals surface area contributed by atoms with Gasteiger partial charge >= 0.3 is 0 Å². The molecule has 97 valence electrons. The van der Waals surface area contributed by atoms with Crippen LogP contribution in [-0.2, 0) is 6.54 Å². The highest BCUT2D eigenvalue weighted by Crippen LogP contribution is 2.27. The van der Waals surface area contributed by atoms with E-state index in [1.807, 2.05) is 12.1 Å². The van der Waals surface area contributed by atoms with Crippen molar-refractivity contribution >= 4 is 5.69 Å². The van der Waals surface area contributed by atoms with Crippen LogP contribution in [0.15, 0.2) is 18.2 Å². The standard InChI is InChI=1S/C15H22N3/c16-12-13-4-1-2-7-15(13)18-10-8-17(9-11-18)14-5-3-6-14/h2,4,7,14H,3,5-6,8-12,16H2. The van der Waals surface area contributed by atoms with E-state index in [2.05, 4.69) is 21.9 Å². The number of hydrogen-bond donors (Lipinski definition) is 1. The molecule has 1 radical (unpaired) electrons. The minimum Gasteiger partial charge on any atom is -0.369 e. The van der Waals surface area contributed by atoms with Crippen molar-refractivity contribution in [1.82, 2.24) is 4.90 Å². The largest absolute Gasteiger partial charge is 0.369 e. The molecule has 3 heteroatoms. The molecule has 0 amide bonds. The molecule has 1 aromatic carbocycles. The molecular formula is C15H22N3. The fourth-order valence-electron chi connectivity index (χ4n) is 3.01. The molecule has 0 aromatic heterocycles. The highest BCUT2D eigenvalue weighted by Gasteiger charge is 2.28. The highest BCUT2D eigenvalue weighted by molar-refractivity contribution is 5.53. The number of nitrogens with two attached hydrogens (primary N) is 1. The van der Waals surface area contributed by atoms with E-state index in [9.17, 15) is 0 Å². The number of nitrogens with zero attached hydrogens (tertiary/aromatic N) is 2. The molecule has 2 N–H and O–H groups in total. The van der Waals surface area contributed by atoms with Gasteiger partial charge in [-0.25, -0.2) is 0 Å². The second-order valence-corrected chi connectivity index (χ2v) is 5.37. The Kier molecular flexibility index (Phi) is 3.52. The van der Waals surface area contributed by atoms with Gasteiger partial charge < -0.3 is 10.6 Å². The van der Waals surface area contributed by atoms with Gasteiger partial charge in [0.05, 0.1) is 0 Å². The van der Waals surface area contributed by atoms with Crippen LogP contribution in [-0.4, -0.2) is 37.1 Å². The van der Waals surface area contributed by atoms with E-state index >= 15 is 0 Å². The van der Waals surface area contributed by atoms with Crippen molar-refractivity contribution in [2.75, 3.05) is 31.1 Å². The van der Waals surface area contributed by atoms with E-state index in [1.54, 1.807) is 0 Å². The van der Waals surface area contributed by atoms with E-state index in [0.29, 0.717) is 6.54 Å². The summed E-state index contributed by atoms with van der Waals surface area (Å²) < 4.78 is 0. The Balaban J connectivity index is 1.64.